The standard InChI is InChI=1S/C24H36N2PS/c1-7-9-22(20-12-13-20)24-26-21(15-16-28-24)14-11-18(3)17-19(4)23(10-8-2)27(5,6)25/h7,9-10,15-17,20-21H,1,3,8,11-14,25H2,2,4-6H3/q+1/b19-17-,22-9+,23-10+. The number of rotatable bonds is 10. The third-order valence-electron chi connectivity index (χ3n) is 4.93. The van der Waals surface area contributed by atoms with Crippen molar-refractivity contribution in [1.82, 2.24) is 0 Å². The number of aliphatic imine (C=N–C) groups is 1. The number of allylic oxidation sites excluding steroid dienone is 7. The van der Waals surface area contributed by atoms with Crippen LogP contribution in [-0.2, 0) is 0 Å². The summed E-state index contributed by atoms with van der Waals surface area (Å²) < 4.78 is 0. The molecule has 152 valence electrons. The van der Waals surface area contributed by atoms with Gasteiger partial charge in [0.15, 0.2) is 0 Å². The van der Waals surface area contributed by atoms with Crippen molar-refractivity contribution in [3.8, 4) is 0 Å². The maximum Gasteiger partial charge on any atom is 0.109 e. The average molecular weight is 416 g/mol. The maximum absolute atomic E-state index is 6.46. The molecule has 2 nitrogen and oxygen atoms in total. The molecule has 0 bridgehead atoms. The van der Waals surface area contributed by atoms with Crippen LogP contribution in [0.25, 0.3) is 0 Å². The van der Waals surface area contributed by atoms with Gasteiger partial charge in [0.05, 0.1) is 24.4 Å². The van der Waals surface area contributed by atoms with Gasteiger partial charge in [-0.05, 0) is 67.6 Å². The van der Waals surface area contributed by atoms with Gasteiger partial charge in [-0.3, -0.25) is 4.99 Å². The van der Waals surface area contributed by atoms with Gasteiger partial charge in [0.2, 0.25) is 0 Å². The number of nitrogens with two attached hydrogens (primary N) is 1. The summed E-state index contributed by atoms with van der Waals surface area (Å²) in [5.74, 6) is 0.684. The lowest BCUT2D eigenvalue weighted by molar-refractivity contribution is 0.726. The normalized spacial score (nSPS) is 21.5. The van der Waals surface area contributed by atoms with Crippen LogP contribution >= 0.6 is 19.2 Å². The van der Waals surface area contributed by atoms with Crippen molar-refractivity contribution in [3.63, 3.8) is 0 Å². The van der Waals surface area contributed by atoms with E-state index in [1.165, 1.54) is 34.3 Å². The van der Waals surface area contributed by atoms with Crippen molar-refractivity contribution in [2.24, 2.45) is 16.4 Å². The molecule has 1 aliphatic carbocycles. The monoisotopic (exact) mass is 415 g/mol. The summed E-state index contributed by atoms with van der Waals surface area (Å²) in [5, 5.41) is 4.68. The fourth-order valence-electron chi connectivity index (χ4n) is 3.45. The summed E-state index contributed by atoms with van der Waals surface area (Å²) in [5.41, 5.74) is 10.2. The topological polar surface area (TPSA) is 38.4 Å². The smallest absolute Gasteiger partial charge is 0.109 e. The van der Waals surface area contributed by atoms with Crippen molar-refractivity contribution in [2.75, 3.05) is 13.3 Å². The summed E-state index contributed by atoms with van der Waals surface area (Å²) in [7, 11) is -1.53. The van der Waals surface area contributed by atoms with Gasteiger partial charge in [0, 0.05) is 0 Å². The molecular weight excluding hydrogens is 379 g/mol. The fraction of sp³-hybridized carbons (Fsp3) is 0.458. The van der Waals surface area contributed by atoms with Crippen LogP contribution in [0.1, 0.15) is 46.0 Å². The van der Waals surface area contributed by atoms with Crippen LogP contribution in [0.2, 0.25) is 0 Å². The van der Waals surface area contributed by atoms with Crippen molar-refractivity contribution in [2.45, 2.75) is 52.0 Å². The third kappa shape index (κ3) is 7.03. The first-order chi connectivity index (χ1) is 13.3. The molecule has 1 fully saturated rings. The van der Waals surface area contributed by atoms with Gasteiger partial charge in [-0.15, -0.1) is 0 Å². The van der Waals surface area contributed by atoms with E-state index in [-0.39, 0.29) is 6.04 Å². The molecule has 1 heterocycles. The Morgan fingerprint density at radius 2 is 2.11 bits per heavy atom. The van der Waals surface area contributed by atoms with Crippen LogP contribution in [0.15, 0.2) is 76.0 Å². The Hall–Kier alpha value is -1.15. The van der Waals surface area contributed by atoms with Gasteiger partial charge in [-0.2, -0.15) is 0 Å². The molecule has 1 atom stereocenters. The van der Waals surface area contributed by atoms with Crippen LogP contribution in [0.4, 0.5) is 0 Å². The number of thioether (sulfide) groups is 1. The second-order valence-corrected chi connectivity index (χ2v) is 12.6. The highest BCUT2D eigenvalue weighted by molar-refractivity contribution is 8.17. The zero-order valence-corrected chi connectivity index (χ0v) is 19.7. The summed E-state index contributed by atoms with van der Waals surface area (Å²) in [6.45, 7) is 16.8. The minimum absolute atomic E-state index is 0.234. The Bertz CT molecular complexity index is 743. The quantitative estimate of drug-likeness (QED) is 0.301. The number of nitrogens with zero attached hydrogens (tertiary/aromatic N) is 1. The Morgan fingerprint density at radius 1 is 1.39 bits per heavy atom. The minimum atomic E-state index is -1.53. The molecule has 0 saturated heterocycles. The lowest BCUT2D eigenvalue weighted by atomic mass is 10.0. The van der Waals surface area contributed by atoms with Crippen molar-refractivity contribution < 1.29 is 0 Å². The highest BCUT2D eigenvalue weighted by Gasteiger charge is 2.30. The Kier molecular flexibility index (Phi) is 8.74. The second kappa shape index (κ2) is 10.6. The highest BCUT2D eigenvalue weighted by atomic mass is 32.2. The van der Waals surface area contributed by atoms with E-state index in [0.717, 1.165) is 24.8 Å². The molecule has 1 saturated carbocycles. The van der Waals surface area contributed by atoms with Crippen molar-refractivity contribution in [3.05, 3.63) is 71.0 Å². The molecular formula is C24H36N2PS+. The number of hydrogen-bond donors (Lipinski definition) is 1. The third-order valence-corrected chi connectivity index (χ3v) is 7.56. The van der Waals surface area contributed by atoms with Gasteiger partial charge in [0.25, 0.3) is 0 Å². The van der Waals surface area contributed by atoms with E-state index >= 15 is 0 Å². The van der Waals surface area contributed by atoms with Crippen molar-refractivity contribution >= 4 is 24.2 Å². The van der Waals surface area contributed by atoms with Gasteiger partial charge < -0.3 is 0 Å². The molecule has 28 heavy (non-hydrogen) atoms. The van der Waals surface area contributed by atoms with E-state index in [9.17, 15) is 0 Å². The minimum Gasteiger partial charge on any atom is -0.270 e. The molecule has 0 spiro atoms. The first-order valence-electron chi connectivity index (χ1n) is 10.2. The van der Waals surface area contributed by atoms with Gasteiger partial charge in [-0.25, -0.2) is 5.50 Å². The van der Waals surface area contributed by atoms with E-state index in [1.807, 2.05) is 6.08 Å². The van der Waals surface area contributed by atoms with Crippen LogP contribution in [0.3, 0.4) is 0 Å². The molecule has 0 amide bonds. The molecule has 0 radical (unpaired) electrons. The Labute approximate surface area is 176 Å². The van der Waals surface area contributed by atoms with E-state index in [2.05, 4.69) is 70.0 Å². The van der Waals surface area contributed by atoms with Gasteiger partial charge in [-0.1, -0.05) is 61.7 Å². The summed E-state index contributed by atoms with van der Waals surface area (Å²) in [4.78, 5) is 5.01. The summed E-state index contributed by atoms with van der Waals surface area (Å²) in [6.07, 6.45) is 16.2. The molecule has 2 rings (SSSR count). The second-order valence-electron chi connectivity index (χ2n) is 8.14. The molecule has 4 heteroatoms. The zero-order valence-electron chi connectivity index (χ0n) is 17.9. The molecule has 2 aliphatic rings. The lowest BCUT2D eigenvalue weighted by Gasteiger charge is -2.18. The predicted octanol–water partition coefficient (Wildman–Crippen LogP) is 7.26. The van der Waals surface area contributed by atoms with Crippen LogP contribution in [0.5, 0.6) is 0 Å². The Balaban J connectivity index is 2.00. The van der Waals surface area contributed by atoms with Gasteiger partial charge in [0.1, 0.15) is 12.7 Å². The summed E-state index contributed by atoms with van der Waals surface area (Å²) in [6, 6.07) is 0.234. The fourth-order valence-corrected chi connectivity index (χ4v) is 6.04. The zero-order chi connectivity index (χ0) is 20.7. The van der Waals surface area contributed by atoms with E-state index in [4.69, 9.17) is 10.5 Å². The first kappa shape index (κ1) is 23.1. The van der Waals surface area contributed by atoms with Crippen molar-refractivity contribution in [1.29, 1.82) is 0 Å². The van der Waals surface area contributed by atoms with E-state index in [1.54, 1.807) is 11.8 Å². The molecule has 0 aromatic rings. The largest absolute Gasteiger partial charge is 0.270 e. The summed E-state index contributed by atoms with van der Waals surface area (Å²) >= 11 is 1.74. The molecule has 0 aromatic heterocycles. The van der Waals surface area contributed by atoms with Crippen LogP contribution < -0.4 is 5.50 Å². The van der Waals surface area contributed by atoms with E-state index < -0.39 is 7.41 Å². The predicted molar refractivity (Wildman–Crippen MR) is 132 cm³/mol. The number of hydrogen-bond acceptors (Lipinski definition) is 3. The molecule has 1 unspecified atom stereocenters. The molecule has 0 aromatic carbocycles. The van der Waals surface area contributed by atoms with Gasteiger partial charge >= 0.3 is 0 Å². The van der Waals surface area contributed by atoms with Crippen LogP contribution in [-0.4, -0.2) is 24.4 Å². The average Bonchev–Trinajstić information content (AvgIpc) is 3.46. The SMILES string of the molecule is C=C/C=C(/C1=NC(CCC(=C)/C=C(C)\C(=C/CC)[P+](C)(C)N)C=CS1)C1CC1. The molecule has 2 N–H and O–H groups in total. The van der Waals surface area contributed by atoms with Crippen LogP contribution in [0, 0.1) is 5.92 Å². The maximum atomic E-state index is 6.46. The molecule has 1 aliphatic heterocycles. The highest BCUT2D eigenvalue weighted by Crippen LogP contribution is 2.54. The Morgan fingerprint density at radius 3 is 2.68 bits per heavy atom. The first-order valence-corrected chi connectivity index (χ1v) is 13.8. The lowest BCUT2D eigenvalue weighted by Crippen LogP contribution is -2.11. The van der Waals surface area contributed by atoms with E-state index in [0.29, 0.717) is 5.92 Å².